The van der Waals surface area contributed by atoms with E-state index in [1.54, 1.807) is 0 Å². The van der Waals surface area contributed by atoms with Crippen LogP contribution in [-0.2, 0) is 9.59 Å². The van der Waals surface area contributed by atoms with Gasteiger partial charge in [0.25, 0.3) is 0 Å². The highest BCUT2D eigenvalue weighted by atomic mass is 16.4. The van der Waals surface area contributed by atoms with Crippen LogP contribution in [0.3, 0.4) is 0 Å². The molecule has 0 aromatic heterocycles. The maximum atomic E-state index is 11.7. The van der Waals surface area contributed by atoms with Gasteiger partial charge in [0.1, 0.15) is 5.54 Å². The molecule has 0 aliphatic heterocycles. The number of nitrogens with zero attached hydrogens (tertiary/aromatic N) is 1. The molecule has 1 aliphatic rings. The average Bonchev–Trinajstić information content (AvgIpc) is 2.28. The number of carbonyl (C=O) groups excluding carboxylic acids is 1. The maximum absolute atomic E-state index is 11.7. The van der Waals surface area contributed by atoms with Gasteiger partial charge in [-0.1, -0.05) is 20.8 Å². The van der Waals surface area contributed by atoms with Crippen LogP contribution in [0, 0.1) is 11.3 Å². The summed E-state index contributed by atoms with van der Waals surface area (Å²) in [6, 6.07) is 0. The first-order valence-corrected chi connectivity index (χ1v) is 7.16. The van der Waals surface area contributed by atoms with Crippen LogP contribution < -0.4 is 0 Å². The minimum absolute atomic E-state index is 0.140. The first kappa shape index (κ1) is 16.0. The Balaban J connectivity index is 2.95. The number of carboxylic acid groups (broad SMARTS) is 1. The Labute approximate surface area is 116 Å². The summed E-state index contributed by atoms with van der Waals surface area (Å²) in [7, 11) is 0. The van der Waals surface area contributed by atoms with Crippen LogP contribution in [-0.4, -0.2) is 34.0 Å². The first-order chi connectivity index (χ1) is 8.65. The molecule has 4 nitrogen and oxygen atoms in total. The van der Waals surface area contributed by atoms with E-state index in [9.17, 15) is 14.7 Å². The van der Waals surface area contributed by atoms with Gasteiger partial charge in [0.05, 0.1) is 0 Å². The second kappa shape index (κ2) is 5.51. The highest BCUT2D eigenvalue weighted by Crippen LogP contribution is 2.43. The molecular weight excluding hydrogens is 242 g/mol. The summed E-state index contributed by atoms with van der Waals surface area (Å²) in [5.41, 5.74) is -0.778. The summed E-state index contributed by atoms with van der Waals surface area (Å²) in [6.07, 6.45) is 2.88. The van der Waals surface area contributed by atoms with Gasteiger partial charge in [-0.3, -0.25) is 4.79 Å². The molecule has 0 spiro atoms. The number of hydrogen-bond donors (Lipinski definition) is 1. The normalized spacial score (nSPS) is 27.9. The number of amides is 1. The fourth-order valence-electron chi connectivity index (χ4n) is 3.39. The second-order valence-electron chi connectivity index (χ2n) is 6.74. The van der Waals surface area contributed by atoms with E-state index in [0.29, 0.717) is 25.3 Å². The van der Waals surface area contributed by atoms with Crippen LogP contribution in [0.15, 0.2) is 0 Å². The fourth-order valence-corrected chi connectivity index (χ4v) is 3.39. The van der Waals surface area contributed by atoms with Gasteiger partial charge >= 0.3 is 5.97 Å². The van der Waals surface area contributed by atoms with E-state index >= 15 is 0 Å². The smallest absolute Gasteiger partial charge is 0.329 e. The van der Waals surface area contributed by atoms with E-state index in [2.05, 4.69) is 20.8 Å². The van der Waals surface area contributed by atoms with Crippen molar-refractivity contribution in [3.63, 3.8) is 0 Å². The van der Waals surface area contributed by atoms with Gasteiger partial charge in [-0.05, 0) is 43.9 Å². The van der Waals surface area contributed by atoms with Crippen molar-refractivity contribution in [2.75, 3.05) is 6.54 Å². The zero-order valence-electron chi connectivity index (χ0n) is 12.8. The van der Waals surface area contributed by atoms with Crippen molar-refractivity contribution in [3.8, 4) is 0 Å². The SMILES string of the molecule is CCN(C(C)=O)C1(C(=O)O)CCC(C(C)(C)C)CC1. The van der Waals surface area contributed by atoms with E-state index in [4.69, 9.17) is 0 Å². The number of carboxylic acids is 1. The van der Waals surface area contributed by atoms with Crippen molar-refractivity contribution in [3.05, 3.63) is 0 Å². The Bertz CT molecular complexity index is 349. The first-order valence-electron chi connectivity index (χ1n) is 7.16. The molecule has 0 heterocycles. The summed E-state index contributed by atoms with van der Waals surface area (Å²) in [6.45, 7) is 10.4. The quantitative estimate of drug-likeness (QED) is 0.857. The van der Waals surface area contributed by atoms with Gasteiger partial charge in [0.2, 0.25) is 5.91 Å². The summed E-state index contributed by atoms with van der Waals surface area (Å²) in [5.74, 6) is -0.457. The molecule has 0 aromatic carbocycles. The molecule has 0 aromatic rings. The Morgan fingerprint density at radius 1 is 1.26 bits per heavy atom. The molecule has 4 heteroatoms. The monoisotopic (exact) mass is 269 g/mol. The third kappa shape index (κ3) is 3.10. The molecule has 1 saturated carbocycles. The van der Waals surface area contributed by atoms with Crippen LogP contribution in [0.5, 0.6) is 0 Å². The predicted octanol–water partition coefficient (Wildman–Crippen LogP) is 2.91. The molecule has 0 saturated heterocycles. The van der Waals surface area contributed by atoms with E-state index in [1.807, 2.05) is 6.92 Å². The lowest BCUT2D eigenvalue weighted by atomic mass is 9.66. The van der Waals surface area contributed by atoms with E-state index in [1.165, 1.54) is 11.8 Å². The van der Waals surface area contributed by atoms with Gasteiger partial charge in [-0.25, -0.2) is 4.79 Å². The lowest BCUT2D eigenvalue weighted by molar-refractivity contribution is -0.162. The molecule has 1 rings (SSSR count). The minimum Gasteiger partial charge on any atom is -0.479 e. The number of likely N-dealkylation sites (N-methyl/N-ethyl adjacent to an activating group) is 1. The molecule has 1 amide bonds. The number of rotatable bonds is 3. The average molecular weight is 269 g/mol. The van der Waals surface area contributed by atoms with Gasteiger partial charge in [-0.15, -0.1) is 0 Å². The summed E-state index contributed by atoms with van der Waals surface area (Å²) < 4.78 is 0. The molecule has 19 heavy (non-hydrogen) atoms. The molecule has 110 valence electrons. The van der Waals surface area contributed by atoms with E-state index < -0.39 is 11.5 Å². The molecule has 1 fully saturated rings. The Morgan fingerprint density at radius 2 is 1.74 bits per heavy atom. The minimum atomic E-state index is -0.984. The van der Waals surface area contributed by atoms with Crippen molar-refractivity contribution >= 4 is 11.9 Å². The second-order valence-corrected chi connectivity index (χ2v) is 6.74. The standard InChI is InChI=1S/C15H27NO3/c1-6-16(11(2)17)15(13(18)19)9-7-12(8-10-15)14(3,4)5/h12H,6-10H2,1-5H3,(H,18,19). The summed E-state index contributed by atoms with van der Waals surface area (Å²) in [4.78, 5) is 25.0. The summed E-state index contributed by atoms with van der Waals surface area (Å²) in [5, 5.41) is 9.63. The van der Waals surface area contributed by atoms with Crippen molar-refractivity contribution < 1.29 is 14.7 Å². The van der Waals surface area contributed by atoms with Crippen molar-refractivity contribution in [2.24, 2.45) is 11.3 Å². The van der Waals surface area contributed by atoms with E-state index in [0.717, 1.165) is 12.8 Å². The van der Waals surface area contributed by atoms with Gasteiger partial charge in [-0.2, -0.15) is 0 Å². The Hall–Kier alpha value is -1.06. The van der Waals surface area contributed by atoms with Crippen LogP contribution in [0.4, 0.5) is 0 Å². The zero-order valence-corrected chi connectivity index (χ0v) is 12.8. The van der Waals surface area contributed by atoms with Crippen LogP contribution in [0.2, 0.25) is 0 Å². The predicted molar refractivity (Wildman–Crippen MR) is 74.8 cm³/mol. The Morgan fingerprint density at radius 3 is 2.00 bits per heavy atom. The lowest BCUT2D eigenvalue weighted by Crippen LogP contribution is -2.58. The zero-order chi connectivity index (χ0) is 14.8. The van der Waals surface area contributed by atoms with Gasteiger partial charge in [0.15, 0.2) is 0 Å². The highest BCUT2D eigenvalue weighted by Gasteiger charge is 2.48. The molecule has 0 radical (unpaired) electrons. The molecule has 1 aliphatic carbocycles. The number of carbonyl (C=O) groups is 2. The molecule has 1 N–H and O–H groups in total. The molecule has 0 bridgehead atoms. The maximum Gasteiger partial charge on any atom is 0.329 e. The molecule has 0 atom stereocenters. The third-order valence-electron chi connectivity index (χ3n) is 4.65. The summed E-state index contributed by atoms with van der Waals surface area (Å²) >= 11 is 0. The van der Waals surface area contributed by atoms with Crippen LogP contribution in [0.1, 0.15) is 60.3 Å². The third-order valence-corrected chi connectivity index (χ3v) is 4.65. The highest BCUT2D eigenvalue weighted by molar-refractivity contribution is 5.86. The van der Waals surface area contributed by atoms with Crippen molar-refractivity contribution in [1.29, 1.82) is 0 Å². The van der Waals surface area contributed by atoms with Crippen molar-refractivity contribution in [2.45, 2.75) is 65.8 Å². The Kier molecular flexibility index (Phi) is 4.64. The molecule has 0 unspecified atom stereocenters. The van der Waals surface area contributed by atoms with Crippen molar-refractivity contribution in [1.82, 2.24) is 4.90 Å². The topological polar surface area (TPSA) is 57.6 Å². The largest absolute Gasteiger partial charge is 0.479 e. The van der Waals surface area contributed by atoms with E-state index in [-0.39, 0.29) is 11.3 Å². The number of hydrogen-bond acceptors (Lipinski definition) is 2. The molecular formula is C15H27NO3. The van der Waals surface area contributed by atoms with Gasteiger partial charge in [0, 0.05) is 13.5 Å². The number of aliphatic carboxylic acids is 1. The van der Waals surface area contributed by atoms with Crippen LogP contribution >= 0.6 is 0 Å². The lowest BCUT2D eigenvalue weighted by Gasteiger charge is -2.46. The fraction of sp³-hybridized carbons (Fsp3) is 0.867. The van der Waals surface area contributed by atoms with Crippen LogP contribution in [0.25, 0.3) is 0 Å². The van der Waals surface area contributed by atoms with Gasteiger partial charge < -0.3 is 10.0 Å².